The quantitative estimate of drug-likeness (QED) is 0.0872. The van der Waals surface area contributed by atoms with E-state index in [1.807, 2.05) is 114 Å². The normalized spacial score (nSPS) is 11.6. The van der Waals surface area contributed by atoms with Gasteiger partial charge in [-0.1, -0.05) is 24.3 Å². The smallest absolute Gasteiger partial charge is 0.657 e. The molecule has 0 atom stereocenters. The van der Waals surface area contributed by atoms with Gasteiger partial charge < -0.3 is 20.6 Å². The fourth-order valence-corrected chi connectivity index (χ4v) is 7.36. The monoisotopic (exact) mass is 828 g/mol. The van der Waals surface area contributed by atoms with E-state index in [1.165, 1.54) is 6.92 Å². The van der Waals surface area contributed by atoms with Crippen molar-refractivity contribution in [2.45, 2.75) is 19.9 Å². The van der Waals surface area contributed by atoms with E-state index >= 15 is 0 Å². The fraction of sp³-hybridized carbons (Fsp3) is 0.106. The molecular formula is C47H37MnN10O2+2. The van der Waals surface area contributed by atoms with Gasteiger partial charge in [-0.25, -0.2) is 9.97 Å². The maximum Gasteiger partial charge on any atom is 3.00 e. The van der Waals surface area contributed by atoms with Crippen LogP contribution in [0.15, 0.2) is 122 Å². The van der Waals surface area contributed by atoms with Gasteiger partial charge in [-0.2, -0.15) is 4.57 Å². The molecule has 0 aliphatic carbocycles. The first-order valence-corrected chi connectivity index (χ1v) is 19.3. The van der Waals surface area contributed by atoms with E-state index in [2.05, 4.69) is 25.6 Å². The molecule has 0 saturated carbocycles. The first kappa shape index (κ1) is 39.5. The molecule has 2 amide bonds. The van der Waals surface area contributed by atoms with E-state index < -0.39 is 0 Å². The van der Waals surface area contributed by atoms with Crippen molar-refractivity contribution < 1.29 is 31.2 Å². The SMILES string of the molecule is CC(=O)NCCCNC(=O)C[n+]1ccc(-c2c3nc(c(-c4ccncc4)c4ccc([n-]4)c(-c4ccncc4)c4nc(c(-c5ccncc5)c5ccc2[n-]5)C=C4)C=C3)cc1.[Mn+3]. The summed E-state index contributed by atoms with van der Waals surface area (Å²) in [4.78, 5) is 58.0. The second-order valence-corrected chi connectivity index (χ2v) is 14.0. The summed E-state index contributed by atoms with van der Waals surface area (Å²) in [5.41, 5.74) is 13.1. The Morgan fingerprint density at radius 1 is 0.517 bits per heavy atom. The van der Waals surface area contributed by atoms with Crippen LogP contribution in [0, 0.1) is 0 Å². The number of hydrogen-bond donors (Lipinski definition) is 2. The maximum atomic E-state index is 12.8. The molecule has 9 rings (SSSR count). The molecule has 2 aliphatic heterocycles. The van der Waals surface area contributed by atoms with Crippen LogP contribution in [-0.2, 0) is 33.2 Å². The van der Waals surface area contributed by atoms with Crippen molar-refractivity contribution in [3.8, 4) is 44.5 Å². The van der Waals surface area contributed by atoms with Gasteiger partial charge in [-0.05, 0) is 112 Å². The summed E-state index contributed by atoms with van der Waals surface area (Å²) in [6, 6.07) is 23.9. The predicted molar refractivity (Wildman–Crippen MR) is 228 cm³/mol. The van der Waals surface area contributed by atoms with E-state index in [4.69, 9.17) is 19.9 Å². The van der Waals surface area contributed by atoms with Crippen LogP contribution >= 0.6 is 0 Å². The number of rotatable bonds is 10. The first-order chi connectivity index (χ1) is 29.0. The molecule has 8 bridgehead atoms. The van der Waals surface area contributed by atoms with Crippen molar-refractivity contribution in [1.29, 1.82) is 0 Å². The summed E-state index contributed by atoms with van der Waals surface area (Å²) in [7, 11) is 0. The molecule has 0 radical (unpaired) electrons. The van der Waals surface area contributed by atoms with Crippen LogP contribution in [-0.4, -0.2) is 49.8 Å². The molecule has 0 aromatic carbocycles. The average molecular weight is 829 g/mol. The molecule has 0 saturated heterocycles. The van der Waals surface area contributed by atoms with Gasteiger partial charge in [0.15, 0.2) is 12.4 Å². The van der Waals surface area contributed by atoms with Crippen LogP contribution < -0.4 is 25.2 Å². The number of carbonyl (C=O) groups is 2. The van der Waals surface area contributed by atoms with Crippen LogP contribution in [0.1, 0.15) is 36.1 Å². The minimum atomic E-state index is -0.120. The summed E-state index contributed by atoms with van der Waals surface area (Å²) in [6.07, 6.45) is 23.2. The molecule has 7 aromatic rings. The van der Waals surface area contributed by atoms with Gasteiger partial charge in [-0.15, -0.1) is 22.1 Å². The third kappa shape index (κ3) is 8.30. The Labute approximate surface area is 356 Å². The largest absolute Gasteiger partial charge is 3.00 e. The zero-order valence-electron chi connectivity index (χ0n) is 32.5. The third-order valence-electron chi connectivity index (χ3n) is 10.1. The Morgan fingerprint density at radius 2 is 0.867 bits per heavy atom. The molecule has 9 heterocycles. The predicted octanol–water partition coefficient (Wildman–Crippen LogP) is 6.69. The van der Waals surface area contributed by atoms with Crippen LogP contribution in [0.25, 0.3) is 90.9 Å². The zero-order valence-corrected chi connectivity index (χ0v) is 33.6. The minimum absolute atomic E-state index is 0. The second kappa shape index (κ2) is 17.7. The van der Waals surface area contributed by atoms with E-state index in [-0.39, 0.29) is 35.4 Å². The van der Waals surface area contributed by atoms with Crippen molar-refractivity contribution in [2.75, 3.05) is 13.1 Å². The summed E-state index contributed by atoms with van der Waals surface area (Å²) in [5.74, 6) is -0.209. The molecule has 2 aliphatic rings. The van der Waals surface area contributed by atoms with Gasteiger partial charge in [0.05, 0.1) is 22.8 Å². The fourth-order valence-electron chi connectivity index (χ4n) is 7.36. The Bertz CT molecular complexity index is 2890. The molecule has 0 spiro atoms. The van der Waals surface area contributed by atoms with Gasteiger partial charge >= 0.3 is 17.1 Å². The number of amides is 2. The van der Waals surface area contributed by atoms with Crippen LogP contribution in [0.3, 0.4) is 0 Å². The Kier molecular flexibility index (Phi) is 11.6. The van der Waals surface area contributed by atoms with Crippen molar-refractivity contribution >= 4 is 58.2 Å². The number of pyridine rings is 4. The topological polar surface area (TPSA) is 155 Å². The molecular weight excluding hydrogens is 792 g/mol. The molecule has 2 N–H and O–H groups in total. The minimum Gasteiger partial charge on any atom is -0.657 e. The van der Waals surface area contributed by atoms with Crippen LogP contribution in [0.2, 0.25) is 0 Å². The molecule has 12 nitrogen and oxygen atoms in total. The molecule has 0 fully saturated rings. The van der Waals surface area contributed by atoms with Gasteiger partial charge in [0, 0.05) is 69.3 Å². The van der Waals surface area contributed by atoms with Gasteiger partial charge in [0.1, 0.15) is 0 Å². The van der Waals surface area contributed by atoms with E-state index in [0.29, 0.717) is 19.5 Å². The second-order valence-electron chi connectivity index (χ2n) is 14.0. The molecule has 60 heavy (non-hydrogen) atoms. The summed E-state index contributed by atoms with van der Waals surface area (Å²) in [6.45, 7) is 2.60. The molecule has 0 unspecified atom stereocenters. The Balaban J connectivity index is 0.00000499. The van der Waals surface area contributed by atoms with Gasteiger partial charge in [0.25, 0.3) is 5.91 Å². The van der Waals surface area contributed by atoms with E-state index in [1.54, 1.807) is 37.2 Å². The van der Waals surface area contributed by atoms with Gasteiger partial charge in [0.2, 0.25) is 12.5 Å². The van der Waals surface area contributed by atoms with Crippen LogP contribution in [0.4, 0.5) is 0 Å². The Hall–Kier alpha value is -7.34. The third-order valence-corrected chi connectivity index (χ3v) is 10.1. The summed E-state index contributed by atoms with van der Waals surface area (Å²) < 4.78 is 1.83. The zero-order chi connectivity index (χ0) is 40.1. The maximum absolute atomic E-state index is 12.8. The first-order valence-electron chi connectivity index (χ1n) is 19.3. The number of aromatic nitrogens is 8. The molecule has 13 heteroatoms. The van der Waals surface area contributed by atoms with Crippen molar-refractivity contribution in [3.63, 3.8) is 0 Å². The number of hydrogen-bond acceptors (Lipinski definition) is 7. The number of carbonyl (C=O) groups excluding carboxylic acids is 2. The Morgan fingerprint density at radius 3 is 1.23 bits per heavy atom. The standard InChI is InChI=1S/C47H38N10O2.Mn/c1-30(58)51-19-2-20-52-43(59)29-57-27-17-34(18-28-57)47-41-9-7-39(55-41)45(32-13-23-49-24-14-32)37-5-3-35(53-37)44(31-11-21-48-22-12-31)36-4-6-38(54-36)46(33-15-25-50-26-16-33)40-8-10-42(47)56-40;/h3-18,21-28H,2,19-20,29H2,1H3,(H3,51,52,53,54,55,56,58,59);/q;+3/p-1. The summed E-state index contributed by atoms with van der Waals surface area (Å²) >= 11 is 0. The van der Waals surface area contributed by atoms with Gasteiger partial charge in [-0.3, -0.25) is 24.5 Å². The summed E-state index contributed by atoms with van der Waals surface area (Å²) in [5, 5.41) is 5.67. The van der Waals surface area contributed by atoms with E-state index in [9.17, 15) is 9.59 Å². The average Bonchev–Trinajstić information content (AvgIpc) is 4.11. The number of fused-ring (bicyclic) bond motifs is 8. The molecule has 292 valence electrons. The van der Waals surface area contributed by atoms with Crippen LogP contribution in [0.5, 0.6) is 0 Å². The molecule has 7 aromatic heterocycles. The van der Waals surface area contributed by atoms with Crippen molar-refractivity contribution in [1.82, 2.24) is 45.5 Å². The van der Waals surface area contributed by atoms with E-state index in [0.717, 1.165) is 89.4 Å². The van der Waals surface area contributed by atoms with Crippen molar-refractivity contribution in [3.05, 3.63) is 145 Å². The number of nitrogens with one attached hydrogen (secondary N) is 2. The number of nitrogens with zero attached hydrogens (tertiary/aromatic N) is 8. The van der Waals surface area contributed by atoms with Crippen molar-refractivity contribution in [2.24, 2.45) is 0 Å².